The number of hydrogen-bond donors (Lipinski definition) is 0. The lowest BCUT2D eigenvalue weighted by Gasteiger charge is -2.21. The molecule has 0 radical (unpaired) electrons. The van der Waals surface area contributed by atoms with Gasteiger partial charge in [-0.25, -0.2) is 4.98 Å². The van der Waals surface area contributed by atoms with Crippen LogP contribution in [0, 0.1) is 11.8 Å². The smallest absolute Gasteiger partial charge is 0.136 e. The van der Waals surface area contributed by atoms with Gasteiger partial charge >= 0.3 is 0 Å². The normalized spacial score (nSPS) is 19.2. The van der Waals surface area contributed by atoms with Crippen molar-refractivity contribution in [3.05, 3.63) is 36.0 Å². The Morgan fingerprint density at radius 3 is 2.70 bits per heavy atom. The standard InChI is InChI=1S/C17H21ClN2/c1-12(2)13-7-8-20(11-13)17-16-6-4-3-5-15(16)14(9-18)10-19-17/h3-6,10,12-13H,7-9,11H2,1-2H3. The molecule has 1 fully saturated rings. The predicted molar refractivity (Wildman–Crippen MR) is 86.5 cm³/mol. The summed E-state index contributed by atoms with van der Waals surface area (Å²) in [7, 11) is 0. The number of benzene rings is 1. The first-order valence-corrected chi connectivity index (χ1v) is 7.91. The third kappa shape index (κ3) is 2.37. The van der Waals surface area contributed by atoms with E-state index in [1.165, 1.54) is 17.2 Å². The minimum atomic E-state index is 0.516. The van der Waals surface area contributed by atoms with Crippen LogP contribution in [0.15, 0.2) is 30.5 Å². The van der Waals surface area contributed by atoms with Crippen LogP contribution in [0.25, 0.3) is 10.8 Å². The van der Waals surface area contributed by atoms with E-state index in [4.69, 9.17) is 16.6 Å². The Kier molecular flexibility index (Phi) is 3.84. The van der Waals surface area contributed by atoms with Crippen LogP contribution in [-0.4, -0.2) is 18.1 Å². The Hall–Kier alpha value is -1.28. The first-order valence-electron chi connectivity index (χ1n) is 7.38. The molecular weight excluding hydrogens is 268 g/mol. The van der Waals surface area contributed by atoms with Crippen molar-refractivity contribution in [2.24, 2.45) is 11.8 Å². The van der Waals surface area contributed by atoms with Gasteiger partial charge in [0, 0.05) is 30.6 Å². The maximum absolute atomic E-state index is 6.03. The second kappa shape index (κ2) is 5.61. The summed E-state index contributed by atoms with van der Waals surface area (Å²) in [6.07, 6.45) is 3.21. The molecule has 2 nitrogen and oxygen atoms in total. The lowest BCUT2D eigenvalue weighted by atomic mass is 9.95. The largest absolute Gasteiger partial charge is 0.356 e. The van der Waals surface area contributed by atoms with E-state index in [1.807, 2.05) is 6.20 Å². The quantitative estimate of drug-likeness (QED) is 0.776. The summed E-state index contributed by atoms with van der Waals surface area (Å²) in [5.41, 5.74) is 1.12. The van der Waals surface area contributed by atoms with Crippen molar-refractivity contribution < 1.29 is 0 Å². The lowest BCUT2D eigenvalue weighted by molar-refractivity contribution is 0.422. The van der Waals surface area contributed by atoms with E-state index in [2.05, 4.69) is 43.0 Å². The van der Waals surface area contributed by atoms with Gasteiger partial charge in [0.2, 0.25) is 0 Å². The average Bonchev–Trinajstić information content (AvgIpc) is 2.96. The number of halogens is 1. The molecule has 0 bridgehead atoms. The molecule has 0 spiro atoms. The summed E-state index contributed by atoms with van der Waals surface area (Å²) < 4.78 is 0. The minimum absolute atomic E-state index is 0.516. The van der Waals surface area contributed by atoms with Gasteiger partial charge in [-0.05, 0) is 29.2 Å². The fraction of sp³-hybridized carbons (Fsp3) is 0.471. The van der Waals surface area contributed by atoms with Gasteiger partial charge in [0.1, 0.15) is 5.82 Å². The molecule has 2 heterocycles. The zero-order valence-electron chi connectivity index (χ0n) is 12.1. The number of fused-ring (bicyclic) bond motifs is 1. The fourth-order valence-electron chi connectivity index (χ4n) is 3.12. The number of pyridine rings is 1. The number of aromatic nitrogens is 1. The van der Waals surface area contributed by atoms with Crippen LogP contribution in [0.3, 0.4) is 0 Å². The summed E-state index contributed by atoms with van der Waals surface area (Å²) in [5.74, 6) is 3.16. The zero-order valence-corrected chi connectivity index (χ0v) is 12.9. The third-order valence-corrected chi connectivity index (χ3v) is 4.76. The second-order valence-corrected chi connectivity index (χ2v) is 6.29. The van der Waals surface area contributed by atoms with E-state index in [0.29, 0.717) is 5.88 Å². The van der Waals surface area contributed by atoms with E-state index < -0.39 is 0 Å². The fourth-order valence-corrected chi connectivity index (χ4v) is 3.33. The molecule has 3 rings (SSSR count). The summed E-state index contributed by atoms with van der Waals surface area (Å²) in [4.78, 5) is 7.13. The molecule has 0 amide bonds. The first-order chi connectivity index (χ1) is 9.70. The summed E-state index contributed by atoms with van der Waals surface area (Å²) >= 11 is 6.03. The number of nitrogens with zero attached hydrogens (tertiary/aromatic N) is 2. The van der Waals surface area contributed by atoms with Crippen LogP contribution < -0.4 is 4.90 Å². The number of hydrogen-bond acceptors (Lipinski definition) is 2. The van der Waals surface area contributed by atoms with Crippen LogP contribution in [0.1, 0.15) is 25.8 Å². The molecule has 1 saturated heterocycles. The van der Waals surface area contributed by atoms with Crippen molar-refractivity contribution in [1.82, 2.24) is 4.98 Å². The SMILES string of the molecule is CC(C)C1CCN(c2ncc(CCl)c3ccccc23)C1. The van der Waals surface area contributed by atoms with Crippen molar-refractivity contribution in [1.29, 1.82) is 0 Å². The van der Waals surface area contributed by atoms with Crippen molar-refractivity contribution >= 4 is 28.2 Å². The molecule has 1 aliphatic rings. The first kappa shape index (κ1) is 13.7. The minimum Gasteiger partial charge on any atom is -0.356 e. The molecule has 1 aromatic heterocycles. The molecule has 1 aromatic carbocycles. The third-order valence-electron chi connectivity index (χ3n) is 4.47. The van der Waals surface area contributed by atoms with Gasteiger partial charge in [0.25, 0.3) is 0 Å². The van der Waals surface area contributed by atoms with Gasteiger partial charge < -0.3 is 4.90 Å². The second-order valence-electron chi connectivity index (χ2n) is 6.03. The highest BCUT2D eigenvalue weighted by molar-refractivity contribution is 6.18. The molecule has 0 aliphatic carbocycles. The molecule has 20 heavy (non-hydrogen) atoms. The predicted octanol–water partition coefficient (Wildman–Crippen LogP) is 4.46. The van der Waals surface area contributed by atoms with E-state index in [1.54, 1.807) is 0 Å². The highest BCUT2D eigenvalue weighted by Crippen LogP contribution is 2.33. The number of alkyl halides is 1. The van der Waals surface area contributed by atoms with E-state index in [0.717, 1.165) is 36.3 Å². The van der Waals surface area contributed by atoms with Crippen molar-refractivity contribution in [3.8, 4) is 0 Å². The Bertz CT molecular complexity index is 609. The lowest BCUT2D eigenvalue weighted by Crippen LogP contribution is -2.22. The molecular formula is C17H21ClN2. The van der Waals surface area contributed by atoms with Gasteiger partial charge in [-0.2, -0.15) is 0 Å². The van der Waals surface area contributed by atoms with Gasteiger partial charge in [-0.3, -0.25) is 0 Å². The zero-order chi connectivity index (χ0) is 14.1. The van der Waals surface area contributed by atoms with Gasteiger partial charge in [-0.15, -0.1) is 11.6 Å². The Labute approximate surface area is 125 Å². The van der Waals surface area contributed by atoms with Crippen LogP contribution >= 0.6 is 11.6 Å². The maximum Gasteiger partial charge on any atom is 0.136 e. The Morgan fingerprint density at radius 2 is 2.05 bits per heavy atom. The topological polar surface area (TPSA) is 16.1 Å². The number of rotatable bonds is 3. The van der Waals surface area contributed by atoms with Crippen molar-refractivity contribution in [3.63, 3.8) is 0 Å². The van der Waals surface area contributed by atoms with E-state index >= 15 is 0 Å². The molecule has 3 heteroatoms. The average molecular weight is 289 g/mol. The summed E-state index contributed by atoms with van der Waals surface area (Å²) in [5, 5.41) is 2.47. The molecule has 0 N–H and O–H groups in total. The van der Waals surface area contributed by atoms with Crippen LogP contribution in [-0.2, 0) is 5.88 Å². The van der Waals surface area contributed by atoms with Crippen LogP contribution in [0.5, 0.6) is 0 Å². The maximum atomic E-state index is 6.03. The van der Waals surface area contributed by atoms with Gasteiger partial charge in [-0.1, -0.05) is 38.1 Å². The monoisotopic (exact) mass is 288 g/mol. The van der Waals surface area contributed by atoms with Gasteiger partial charge in [0.05, 0.1) is 0 Å². The van der Waals surface area contributed by atoms with E-state index in [-0.39, 0.29) is 0 Å². The number of anilines is 1. The molecule has 1 unspecified atom stereocenters. The van der Waals surface area contributed by atoms with Crippen molar-refractivity contribution in [2.75, 3.05) is 18.0 Å². The van der Waals surface area contributed by atoms with Crippen LogP contribution in [0.2, 0.25) is 0 Å². The highest BCUT2D eigenvalue weighted by atomic mass is 35.5. The molecule has 106 valence electrons. The molecule has 0 saturated carbocycles. The van der Waals surface area contributed by atoms with Crippen molar-refractivity contribution in [2.45, 2.75) is 26.1 Å². The van der Waals surface area contributed by atoms with Gasteiger partial charge in [0.15, 0.2) is 0 Å². The molecule has 1 atom stereocenters. The Morgan fingerprint density at radius 1 is 1.30 bits per heavy atom. The van der Waals surface area contributed by atoms with E-state index in [9.17, 15) is 0 Å². The van der Waals surface area contributed by atoms with Crippen LogP contribution in [0.4, 0.5) is 5.82 Å². The molecule has 1 aliphatic heterocycles. The summed E-state index contributed by atoms with van der Waals surface area (Å²) in [6, 6.07) is 8.47. The molecule has 2 aromatic rings. The highest BCUT2D eigenvalue weighted by Gasteiger charge is 2.26. The summed E-state index contributed by atoms with van der Waals surface area (Å²) in [6.45, 7) is 6.86. The Balaban J connectivity index is 2.01.